The van der Waals surface area contributed by atoms with Gasteiger partial charge in [0.05, 0.1) is 46.7 Å². The van der Waals surface area contributed by atoms with E-state index in [1.165, 1.54) is 24.2 Å². The number of rotatable bonds is 2. The minimum absolute atomic E-state index is 0.0139. The third-order valence-electron chi connectivity index (χ3n) is 5.15. The van der Waals surface area contributed by atoms with Crippen LogP contribution >= 0.6 is 0 Å². The first kappa shape index (κ1) is 21.3. The number of hydrogen-bond acceptors (Lipinski definition) is 4. The van der Waals surface area contributed by atoms with Crippen molar-refractivity contribution in [3.63, 3.8) is 0 Å². The number of nitrogens with one attached hydrogen (secondary N) is 2. The molecule has 164 valence electrons. The number of carbonyl (C=O) groups is 2. The number of likely N-dealkylation sites (N-methyl/N-ethyl adjacent to an activating group) is 1. The van der Waals surface area contributed by atoms with Crippen LogP contribution in [-0.4, -0.2) is 30.5 Å². The first-order valence-electron chi connectivity index (χ1n) is 9.32. The molecule has 4 rings (SSSR count). The van der Waals surface area contributed by atoms with Gasteiger partial charge in [0.25, 0.3) is 5.91 Å². The number of halogens is 4. The van der Waals surface area contributed by atoms with Crippen molar-refractivity contribution >= 4 is 17.6 Å². The van der Waals surface area contributed by atoms with Crippen molar-refractivity contribution in [1.82, 2.24) is 15.8 Å². The summed E-state index contributed by atoms with van der Waals surface area (Å²) in [6, 6.07) is 8.72. The van der Waals surface area contributed by atoms with Crippen molar-refractivity contribution in [2.24, 2.45) is 0 Å². The average molecular weight is 445 g/mol. The Morgan fingerprint density at radius 2 is 1.81 bits per heavy atom. The molecule has 2 aliphatic rings. The van der Waals surface area contributed by atoms with E-state index < -0.39 is 35.5 Å². The number of nitriles is 1. The van der Waals surface area contributed by atoms with Gasteiger partial charge in [0.2, 0.25) is 0 Å². The molecule has 0 aromatic heterocycles. The first-order chi connectivity index (χ1) is 15.1. The number of hydrogen-bond donors (Lipinski definition) is 2. The number of nitrogens with zero attached hydrogens (tertiary/aromatic N) is 3. The quantitative estimate of drug-likeness (QED) is 0.695. The lowest BCUT2D eigenvalue weighted by molar-refractivity contribution is -0.140. The molecular formula is C21H15F4N5O2. The SMILES string of the molecule is CN1CC2=C(C(=O)N1)C(c1ccc(C#N)cc1)NC(=O)N2c1ccc(F)c(C(F)(F)F)c1. The van der Waals surface area contributed by atoms with Gasteiger partial charge in [0.1, 0.15) is 5.82 Å². The van der Waals surface area contributed by atoms with Gasteiger partial charge in [0, 0.05) is 7.05 Å². The predicted molar refractivity (Wildman–Crippen MR) is 104 cm³/mol. The van der Waals surface area contributed by atoms with Gasteiger partial charge in [-0.1, -0.05) is 12.1 Å². The number of hydrazine groups is 1. The van der Waals surface area contributed by atoms with E-state index in [1.807, 2.05) is 6.07 Å². The summed E-state index contributed by atoms with van der Waals surface area (Å²) in [5.41, 5.74) is 2.03. The Labute approximate surface area is 179 Å². The first-order valence-corrected chi connectivity index (χ1v) is 9.32. The van der Waals surface area contributed by atoms with Crippen LogP contribution in [0.25, 0.3) is 0 Å². The summed E-state index contributed by atoms with van der Waals surface area (Å²) in [6.45, 7) is 0.0139. The summed E-state index contributed by atoms with van der Waals surface area (Å²) < 4.78 is 53.5. The van der Waals surface area contributed by atoms with Crippen LogP contribution in [0.2, 0.25) is 0 Å². The predicted octanol–water partition coefficient (Wildman–Crippen LogP) is 3.22. The van der Waals surface area contributed by atoms with Gasteiger partial charge in [-0.3, -0.25) is 15.1 Å². The van der Waals surface area contributed by atoms with Crippen LogP contribution in [0.4, 0.5) is 28.0 Å². The molecule has 2 aromatic rings. The molecule has 2 heterocycles. The second-order valence-electron chi connectivity index (χ2n) is 7.27. The van der Waals surface area contributed by atoms with Crippen molar-refractivity contribution in [2.75, 3.05) is 18.5 Å². The summed E-state index contributed by atoms with van der Waals surface area (Å²) in [6.07, 6.45) is -4.96. The average Bonchev–Trinajstić information content (AvgIpc) is 2.73. The highest BCUT2D eigenvalue weighted by atomic mass is 19.4. The fourth-order valence-electron chi connectivity index (χ4n) is 3.73. The molecule has 1 unspecified atom stereocenters. The second kappa shape index (κ2) is 7.65. The van der Waals surface area contributed by atoms with Crippen LogP contribution in [0.5, 0.6) is 0 Å². The molecule has 2 aromatic carbocycles. The minimum Gasteiger partial charge on any atom is -0.326 e. The summed E-state index contributed by atoms with van der Waals surface area (Å²) in [7, 11) is 1.54. The molecule has 3 amide bonds. The summed E-state index contributed by atoms with van der Waals surface area (Å²) in [4.78, 5) is 26.8. The maximum Gasteiger partial charge on any atom is 0.419 e. The second-order valence-corrected chi connectivity index (χ2v) is 7.27. The molecule has 0 fully saturated rings. The fourth-order valence-corrected chi connectivity index (χ4v) is 3.73. The molecule has 0 spiro atoms. The topological polar surface area (TPSA) is 88.5 Å². The monoisotopic (exact) mass is 445 g/mol. The van der Waals surface area contributed by atoms with Crippen molar-refractivity contribution in [3.8, 4) is 6.07 Å². The zero-order valence-corrected chi connectivity index (χ0v) is 16.5. The van der Waals surface area contributed by atoms with Crippen molar-refractivity contribution in [3.05, 3.63) is 76.2 Å². The van der Waals surface area contributed by atoms with E-state index in [9.17, 15) is 27.2 Å². The van der Waals surface area contributed by atoms with Crippen LogP contribution in [0.15, 0.2) is 53.7 Å². The van der Waals surface area contributed by atoms with E-state index >= 15 is 0 Å². The molecule has 0 saturated heterocycles. The highest BCUT2D eigenvalue weighted by Gasteiger charge is 2.42. The Morgan fingerprint density at radius 1 is 1.12 bits per heavy atom. The van der Waals surface area contributed by atoms with E-state index in [0.29, 0.717) is 23.3 Å². The zero-order valence-electron chi connectivity index (χ0n) is 16.5. The Balaban J connectivity index is 1.87. The Morgan fingerprint density at radius 3 is 2.44 bits per heavy atom. The van der Waals surface area contributed by atoms with E-state index in [4.69, 9.17) is 5.26 Å². The standard InChI is InChI=1S/C21H15F4N5O2/c1-29-10-16-17(19(31)28-29)18(12-4-2-11(9-26)3-5-12)27-20(32)30(16)13-6-7-15(22)14(8-13)21(23,24)25/h2-8,18H,10H2,1H3,(H,27,32)(H,28,31). The van der Waals surface area contributed by atoms with Crippen LogP contribution in [-0.2, 0) is 11.0 Å². The van der Waals surface area contributed by atoms with Crippen LogP contribution in [0.3, 0.4) is 0 Å². The maximum atomic E-state index is 13.8. The molecular weight excluding hydrogens is 430 g/mol. The van der Waals surface area contributed by atoms with E-state index in [0.717, 1.165) is 11.0 Å². The lowest BCUT2D eigenvalue weighted by Gasteiger charge is -2.41. The zero-order chi connectivity index (χ0) is 23.2. The van der Waals surface area contributed by atoms with Gasteiger partial charge in [-0.15, -0.1) is 0 Å². The smallest absolute Gasteiger partial charge is 0.326 e. The van der Waals surface area contributed by atoms with Gasteiger partial charge in [-0.05, 0) is 35.9 Å². The van der Waals surface area contributed by atoms with Crippen molar-refractivity contribution in [2.45, 2.75) is 12.2 Å². The van der Waals surface area contributed by atoms with E-state index in [2.05, 4.69) is 10.7 Å². The Kier molecular flexibility index (Phi) is 5.10. The third-order valence-corrected chi connectivity index (χ3v) is 5.15. The maximum absolute atomic E-state index is 13.8. The molecule has 0 radical (unpaired) electrons. The number of alkyl halides is 3. The molecule has 2 aliphatic heterocycles. The number of anilines is 1. The van der Waals surface area contributed by atoms with Crippen molar-refractivity contribution in [1.29, 1.82) is 5.26 Å². The van der Waals surface area contributed by atoms with Gasteiger partial charge >= 0.3 is 12.2 Å². The van der Waals surface area contributed by atoms with Crippen molar-refractivity contribution < 1.29 is 27.2 Å². The molecule has 1 atom stereocenters. The van der Waals surface area contributed by atoms with Gasteiger partial charge in [-0.25, -0.2) is 14.2 Å². The normalized spacial score (nSPS) is 19.2. The molecule has 0 saturated carbocycles. The molecule has 32 heavy (non-hydrogen) atoms. The number of carbonyl (C=O) groups excluding carboxylic acids is 2. The number of amides is 3. The summed E-state index contributed by atoms with van der Waals surface area (Å²) in [5, 5.41) is 13.0. The fraction of sp³-hybridized carbons (Fsp3) is 0.190. The third kappa shape index (κ3) is 3.65. The van der Waals surface area contributed by atoms with Crippen LogP contribution in [0, 0.1) is 17.1 Å². The Hall–Kier alpha value is -3.91. The number of benzene rings is 2. The largest absolute Gasteiger partial charge is 0.419 e. The summed E-state index contributed by atoms with van der Waals surface area (Å²) >= 11 is 0. The van der Waals surface area contributed by atoms with Crippen LogP contribution < -0.4 is 15.6 Å². The minimum atomic E-state index is -4.96. The lowest BCUT2D eigenvalue weighted by atomic mass is 9.92. The molecule has 0 bridgehead atoms. The summed E-state index contributed by atoms with van der Waals surface area (Å²) in [5.74, 6) is -2.02. The highest BCUT2D eigenvalue weighted by molar-refractivity contribution is 6.05. The van der Waals surface area contributed by atoms with E-state index in [-0.39, 0.29) is 23.5 Å². The van der Waals surface area contributed by atoms with Gasteiger partial charge in [0.15, 0.2) is 0 Å². The van der Waals surface area contributed by atoms with Gasteiger partial charge < -0.3 is 5.32 Å². The lowest BCUT2D eigenvalue weighted by Crippen LogP contribution is -2.57. The molecule has 0 aliphatic carbocycles. The van der Waals surface area contributed by atoms with Crippen LogP contribution in [0.1, 0.15) is 22.7 Å². The molecule has 11 heteroatoms. The van der Waals surface area contributed by atoms with E-state index in [1.54, 1.807) is 12.1 Å². The number of urea groups is 1. The molecule has 7 nitrogen and oxygen atoms in total. The molecule has 2 N–H and O–H groups in total. The highest BCUT2D eigenvalue weighted by Crippen LogP contribution is 2.38. The van der Waals surface area contributed by atoms with Gasteiger partial charge in [-0.2, -0.15) is 18.4 Å². The Bertz CT molecular complexity index is 1180.